The Labute approximate surface area is 119 Å². The summed E-state index contributed by atoms with van der Waals surface area (Å²) >= 11 is 0. The first-order valence-corrected chi connectivity index (χ1v) is 6.67. The summed E-state index contributed by atoms with van der Waals surface area (Å²) in [7, 11) is 0. The van der Waals surface area contributed by atoms with Gasteiger partial charge in [-0.25, -0.2) is 0 Å². The summed E-state index contributed by atoms with van der Waals surface area (Å²) in [6.45, 7) is 0.946. The van der Waals surface area contributed by atoms with Gasteiger partial charge in [-0.15, -0.1) is 13.2 Å². The van der Waals surface area contributed by atoms with Crippen molar-refractivity contribution >= 4 is 5.91 Å². The number of carbonyl (C=O) groups excluding carboxylic acids is 1. The van der Waals surface area contributed by atoms with Crippen molar-refractivity contribution in [2.45, 2.75) is 45.0 Å². The number of nitrogens with zero attached hydrogens (tertiary/aromatic N) is 3. The Hall–Kier alpha value is -1.64. The Morgan fingerprint density at radius 2 is 2.19 bits per heavy atom. The van der Waals surface area contributed by atoms with Gasteiger partial charge in [-0.3, -0.25) is 9.53 Å². The third-order valence-electron chi connectivity index (χ3n) is 3.27. The lowest BCUT2D eigenvalue weighted by atomic mass is 10.1. The normalized spacial score (nSPS) is 20.4. The SMILES string of the molecule is Cc1nc(C2CCCCCN2C(=O)COC(F)(F)F)no1. The van der Waals surface area contributed by atoms with Gasteiger partial charge in [0, 0.05) is 13.5 Å². The van der Waals surface area contributed by atoms with Gasteiger partial charge in [0.2, 0.25) is 11.8 Å². The van der Waals surface area contributed by atoms with E-state index in [0.29, 0.717) is 24.7 Å². The Morgan fingerprint density at radius 3 is 2.81 bits per heavy atom. The molecule has 2 rings (SSSR count). The molecule has 2 heterocycles. The lowest BCUT2D eigenvalue weighted by molar-refractivity contribution is -0.322. The fourth-order valence-corrected chi connectivity index (χ4v) is 2.35. The molecule has 118 valence electrons. The number of alkyl halides is 3. The van der Waals surface area contributed by atoms with E-state index < -0.39 is 24.9 Å². The van der Waals surface area contributed by atoms with Gasteiger partial charge < -0.3 is 9.42 Å². The van der Waals surface area contributed by atoms with E-state index >= 15 is 0 Å². The van der Waals surface area contributed by atoms with Crippen LogP contribution in [0.15, 0.2) is 4.52 Å². The van der Waals surface area contributed by atoms with Crippen molar-refractivity contribution in [1.82, 2.24) is 15.0 Å². The van der Waals surface area contributed by atoms with Crippen molar-refractivity contribution in [2.75, 3.05) is 13.2 Å². The van der Waals surface area contributed by atoms with Gasteiger partial charge in [0.1, 0.15) is 6.61 Å². The van der Waals surface area contributed by atoms with E-state index in [1.165, 1.54) is 4.90 Å². The Morgan fingerprint density at radius 1 is 1.43 bits per heavy atom. The number of hydrogen-bond donors (Lipinski definition) is 0. The fraction of sp³-hybridized carbons (Fsp3) is 0.750. The molecule has 0 bridgehead atoms. The number of likely N-dealkylation sites (tertiary alicyclic amines) is 1. The molecule has 1 fully saturated rings. The van der Waals surface area contributed by atoms with Crippen LogP contribution >= 0.6 is 0 Å². The van der Waals surface area contributed by atoms with Crippen LogP contribution in [0.4, 0.5) is 13.2 Å². The van der Waals surface area contributed by atoms with Gasteiger partial charge >= 0.3 is 6.36 Å². The standard InChI is InChI=1S/C12H16F3N3O3/c1-8-16-11(17-21-8)9-5-3-2-4-6-18(9)10(19)7-20-12(13,14)15/h9H,2-7H2,1H3. The van der Waals surface area contributed by atoms with Crippen molar-refractivity contribution in [2.24, 2.45) is 0 Å². The van der Waals surface area contributed by atoms with Gasteiger partial charge in [0.15, 0.2) is 5.82 Å². The smallest absolute Gasteiger partial charge is 0.340 e. The average molecular weight is 307 g/mol. The van der Waals surface area contributed by atoms with Crippen molar-refractivity contribution in [3.8, 4) is 0 Å². The van der Waals surface area contributed by atoms with Crippen LogP contribution in [-0.4, -0.2) is 40.5 Å². The quantitative estimate of drug-likeness (QED) is 0.857. The van der Waals surface area contributed by atoms with E-state index in [1.54, 1.807) is 6.92 Å². The van der Waals surface area contributed by atoms with E-state index in [0.717, 1.165) is 19.3 Å². The molecule has 1 saturated heterocycles. The van der Waals surface area contributed by atoms with E-state index in [4.69, 9.17) is 4.52 Å². The van der Waals surface area contributed by atoms with Crippen LogP contribution in [0.25, 0.3) is 0 Å². The van der Waals surface area contributed by atoms with Crippen molar-refractivity contribution < 1.29 is 27.2 Å². The Balaban J connectivity index is 2.10. The highest BCUT2D eigenvalue weighted by molar-refractivity contribution is 5.78. The maximum Gasteiger partial charge on any atom is 0.523 e. The summed E-state index contributed by atoms with van der Waals surface area (Å²) in [6.07, 6.45) is -1.75. The molecule has 0 saturated carbocycles. The second kappa shape index (κ2) is 6.42. The van der Waals surface area contributed by atoms with Crippen LogP contribution in [0.5, 0.6) is 0 Å². The maximum atomic E-state index is 12.1. The highest BCUT2D eigenvalue weighted by Crippen LogP contribution is 2.29. The number of aromatic nitrogens is 2. The number of carbonyl (C=O) groups is 1. The summed E-state index contributed by atoms with van der Waals surface area (Å²) in [6, 6.07) is -0.464. The van der Waals surface area contributed by atoms with E-state index in [1.807, 2.05) is 0 Å². The molecule has 0 aliphatic carbocycles. The minimum absolute atomic E-state index is 0.328. The van der Waals surface area contributed by atoms with Crippen LogP contribution in [0, 0.1) is 6.92 Å². The fourth-order valence-electron chi connectivity index (χ4n) is 2.35. The molecule has 1 amide bonds. The largest absolute Gasteiger partial charge is 0.523 e. The zero-order valence-electron chi connectivity index (χ0n) is 11.5. The molecule has 1 aliphatic rings. The molecule has 0 spiro atoms. The van der Waals surface area contributed by atoms with E-state index in [2.05, 4.69) is 14.9 Å². The van der Waals surface area contributed by atoms with Crippen LogP contribution < -0.4 is 0 Å². The molecule has 0 radical (unpaired) electrons. The van der Waals surface area contributed by atoms with Crippen molar-refractivity contribution in [3.63, 3.8) is 0 Å². The average Bonchev–Trinajstić information content (AvgIpc) is 2.69. The highest BCUT2D eigenvalue weighted by atomic mass is 19.4. The van der Waals surface area contributed by atoms with Crippen LogP contribution in [-0.2, 0) is 9.53 Å². The molecule has 21 heavy (non-hydrogen) atoms. The van der Waals surface area contributed by atoms with Crippen LogP contribution in [0.1, 0.15) is 43.4 Å². The van der Waals surface area contributed by atoms with Gasteiger partial charge in [0.05, 0.1) is 6.04 Å². The molecule has 0 aromatic carbocycles. The van der Waals surface area contributed by atoms with Gasteiger partial charge in [-0.05, 0) is 12.8 Å². The van der Waals surface area contributed by atoms with E-state index in [9.17, 15) is 18.0 Å². The zero-order chi connectivity index (χ0) is 15.5. The first kappa shape index (κ1) is 15.7. The van der Waals surface area contributed by atoms with Crippen molar-refractivity contribution in [3.05, 3.63) is 11.7 Å². The minimum Gasteiger partial charge on any atom is -0.340 e. The number of hydrogen-bond acceptors (Lipinski definition) is 5. The first-order chi connectivity index (χ1) is 9.87. The topological polar surface area (TPSA) is 68.5 Å². The Kier molecular flexibility index (Phi) is 4.81. The summed E-state index contributed by atoms with van der Waals surface area (Å²) in [4.78, 5) is 17.4. The van der Waals surface area contributed by atoms with E-state index in [-0.39, 0.29) is 0 Å². The van der Waals surface area contributed by atoms with Crippen LogP contribution in [0.3, 0.4) is 0 Å². The van der Waals surface area contributed by atoms with Gasteiger partial charge in [0.25, 0.3) is 0 Å². The molecule has 1 unspecified atom stereocenters. The minimum atomic E-state index is -4.82. The maximum absolute atomic E-state index is 12.1. The number of ether oxygens (including phenoxy) is 1. The van der Waals surface area contributed by atoms with Gasteiger partial charge in [-0.1, -0.05) is 18.0 Å². The molecule has 9 heteroatoms. The molecule has 1 aliphatic heterocycles. The molecule has 1 atom stereocenters. The number of amides is 1. The predicted octanol–water partition coefficient (Wildman–Crippen LogP) is 2.36. The molecule has 6 nitrogen and oxygen atoms in total. The Bertz CT molecular complexity index is 490. The van der Waals surface area contributed by atoms with Gasteiger partial charge in [-0.2, -0.15) is 4.98 Å². The van der Waals surface area contributed by atoms with Crippen LogP contribution in [0.2, 0.25) is 0 Å². The molecule has 0 N–H and O–H groups in total. The molecular formula is C12H16F3N3O3. The summed E-state index contributed by atoms with van der Waals surface area (Å²) < 4.78 is 44.7. The third kappa shape index (κ3) is 4.42. The third-order valence-corrected chi connectivity index (χ3v) is 3.27. The van der Waals surface area contributed by atoms with Crippen molar-refractivity contribution in [1.29, 1.82) is 0 Å². The summed E-state index contributed by atoms with van der Waals surface area (Å²) in [5.41, 5.74) is 0. The monoisotopic (exact) mass is 307 g/mol. The second-order valence-electron chi connectivity index (χ2n) is 4.86. The lowest BCUT2D eigenvalue weighted by Crippen LogP contribution is -2.39. The summed E-state index contributed by atoms with van der Waals surface area (Å²) in [5, 5.41) is 3.78. The summed E-state index contributed by atoms with van der Waals surface area (Å²) in [5.74, 6) is -0.0374. The molecular weight excluding hydrogens is 291 g/mol. The zero-order valence-corrected chi connectivity index (χ0v) is 11.5. The lowest BCUT2D eigenvalue weighted by Gasteiger charge is -2.27. The number of aryl methyl sites for hydroxylation is 1. The number of halogens is 3. The molecule has 1 aromatic heterocycles. The highest BCUT2D eigenvalue weighted by Gasteiger charge is 2.34. The first-order valence-electron chi connectivity index (χ1n) is 6.67. The second-order valence-corrected chi connectivity index (χ2v) is 4.86. The molecule has 1 aromatic rings. The predicted molar refractivity (Wildman–Crippen MR) is 64.0 cm³/mol. The number of rotatable bonds is 3.